The number of carbonyl (C=O) groups is 1. The van der Waals surface area contributed by atoms with Gasteiger partial charge < -0.3 is 15.3 Å². The van der Waals surface area contributed by atoms with Gasteiger partial charge >= 0.3 is 6.03 Å². The summed E-state index contributed by atoms with van der Waals surface area (Å²) in [5.41, 5.74) is -0.0518. The van der Waals surface area contributed by atoms with Gasteiger partial charge in [0.25, 0.3) is 5.56 Å². The number of nitrogens with one attached hydrogen (secondary N) is 1. The molecule has 2 amide bonds. The standard InChI is InChI=1S/C28H30F2N4O3/c29-22-9-8-20(14-23(22)30)16-31-26(36)33-13-12-28(37,27(17-33)10-4-5-11-27)18-34-19-32-24(15-25(34)35)21-6-2-1-3-7-21/h1-3,6-9,14-15,19,37H,4-5,10-13,16-18H2,(H,31,36). The van der Waals surface area contributed by atoms with Crippen molar-refractivity contribution in [1.82, 2.24) is 19.8 Å². The van der Waals surface area contributed by atoms with Crippen LogP contribution in [-0.4, -0.2) is 44.3 Å². The van der Waals surface area contributed by atoms with Gasteiger partial charge in [-0.3, -0.25) is 9.36 Å². The number of nitrogens with zero attached hydrogens (tertiary/aromatic N) is 3. The maximum absolute atomic E-state index is 13.5. The van der Waals surface area contributed by atoms with Gasteiger partial charge in [-0.1, -0.05) is 49.2 Å². The van der Waals surface area contributed by atoms with Crippen molar-refractivity contribution in [2.45, 2.75) is 50.8 Å². The van der Waals surface area contributed by atoms with Gasteiger partial charge in [0.2, 0.25) is 0 Å². The number of carbonyl (C=O) groups excluding carboxylic acids is 1. The molecular weight excluding hydrogens is 478 g/mol. The Balaban J connectivity index is 1.30. The van der Waals surface area contributed by atoms with E-state index in [2.05, 4.69) is 10.3 Å². The Morgan fingerprint density at radius 3 is 2.49 bits per heavy atom. The van der Waals surface area contributed by atoms with Crippen molar-refractivity contribution < 1.29 is 18.7 Å². The highest BCUT2D eigenvalue weighted by molar-refractivity contribution is 5.74. The van der Waals surface area contributed by atoms with Crippen molar-refractivity contribution in [3.63, 3.8) is 0 Å². The van der Waals surface area contributed by atoms with Crippen LogP contribution in [0.3, 0.4) is 0 Å². The van der Waals surface area contributed by atoms with Crippen LogP contribution in [0.25, 0.3) is 11.3 Å². The van der Waals surface area contributed by atoms with Gasteiger partial charge in [-0.05, 0) is 37.0 Å². The molecule has 1 spiro atoms. The molecule has 2 heterocycles. The van der Waals surface area contributed by atoms with Crippen molar-refractivity contribution in [2.75, 3.05) is 13.1 Å². The molecule has 37 heavy (non-hydrogen) atoms. The molecule has 1 aliphatic heterocycles. The summed E-state index contributed by atoms with van der Waals surface area (Å²) in [5, 5.41) is 14.7. The summed E-state index contributed by atoms with van der Waals surface area (Å²) < 4.78 is 28.2. The lowest BCUT2D eigenvalue weighted by Gasteiger charge is -2.52. The van der Waals surface area contributed by atoms with Gasteiger partial charge in [-0.25, -0.2) is 18.6 Å². The molecule has 1 saturated heterocycles. The fourth-order valence-corrected chi connectivity index (χ4v) is 5.80. The van der Waals surface area contributed by atoms with E-state index in [4.69, 9.17) is 0 Å². The molecule has 1 unspecified atom stereocenters. The van der Waals surface area contributed by atoms with Crippen LogP contribution in [0.5, 0.6) is 0 Å². The fraction of sp³-hybridized carbons (Fsp3) is 0.393. The van der Waals surface area contributed by atoms with Gasteiger partial charge in [0.15, 0.2) is 11.6 Å². The maximum atomic E-state index is 13.5. The topological polar surface area (TPSA) is 87.5 Å². The van der Waals surface area contributed by atoms with Crippen molar-refractivity contribution in [3.8, 4) is 11.3 Å². The number of aromatic nitrogens is 2. The van der Waals surface area contributed by atoms with Gasteiger partial charge in [0, 0.05) is 36.7 Å². The van der Waals surface area contributed by atoms with E-state index in [9.17, 15) is 23.5 Å². The SMILES string of the molecule is O=C(NCc1ccc(F)c(F)c1)N1CCC(O)(Cn2cnc(-c3ccccc3)cc2=O)C2(CCCC2)C1. The minimum absolute atomic E-state index is 0.0681. The number of likely N-dealkylation sites (tertiary alicyclic amines) is 1. The molecule has 2 aromatic carbocycles. The van der Waals surface area contributed by atoms with Gasteiger partial charge in [0.05, 0.1) is 24.2 Å². The third-order valence-corrected chi connectivity index (χ3v) is 7.93. The first-order valence-corrected chi connectivity index (χ1v) is 12.6. The molecule has 1 saturated carbocycles. The lowest BCUT2D eigenvalue weighted by atomic mass is 9.66. The number of halogens is 2. The van der Waals surface area contributed by atoms with Crippen LogP contribution >= 0.6 is 0 Å². The second-order valence-electron chi connectivity index (χ2n) is 10.2. The summed E-state index contributed by atoms with van der Waals surface area (Å²) in [7, 11) is 0. The molecule has 7 nitrogen and oxygen atoms in total. The average molecular weight is 509 g/mol. The van der Waals surface area contributed by atoms with Crippen molar-refractivity contribution in [2.24, 2.45) is 5.41 Å². The predicted molar refractivity (Wildman–Crippen MR) is 135 cm³/mol. The monoisotopic (exact) mass is 508 g/mol. The molecule has 194 valence electrons. The Bertz CT molecular complexity index is 1340. The van der Waals surface area contributed by atoms with Crippen molar-refractivity contribution in [3.05, 3.63) is 88.5 Å². The Kier molecular flexibility index (Phi) is 6.81. The Morgan fingerprint density at radius 1 is 1.03 bits per heavy atom. The van der Waals surface area contributed by atoms with Crippen LogP contribution in [0.15, 0.2) is 65.7 Å². The predicted octanol–water partition coefficient (Wildman–Crippen LogP) is 4.10. The second kappa shape index (κ2) is 10.0. The number of benzene rings is 2. The number of rotatable bonds is 5. The minimum Gasteiger partial charge on any atom is -0.387 e. The summed E-state index contributed by atoms with van der Waals surface area (Å²) in [6.07, 6.45) is 5.19. The number of hydrogen-bond donors (Lipinski definition) is 2. The van der Waals surface area contributed by atoms with Gasteiger partial charge in [-0.2, -0.15) is 0 Å². The third-order valence-electron chi connectivity index (χ3n) is 7.93. The largest absolute Gasteiger partial charge is 0.387 e. The van der Waals surface area contributed by atoms with Gasteiger partial charge in [-0.15, -0.1) is 0 Å². The van der Waals surface area contributed by atoms with Crippen LogP contribution in [0.2, 0.25) is 0 Å². The molecule has 9 heteroatoms. The molecule has 3 aromatic rings. The molecule has 0 radical (unpaired) electrons. The van der Waals surface area contributed by atoms with E-state index in [1.54, 1.807) is 4.90 Å². The number of urea groups is 1. The number of piperidine rings is 1. The first kappa shape index (κ1) is 25.1. The highest BCUT2D eigenvalue weighted by Gasteiger charge is 2.55. The zero-order valence-electron chi connectivity index (χ0n) is 20.5. The third kappa shape index (κ3) is 5.00. The molecule has 1 aliphatic carbocycles. The molecule has 5 rings (SSSR count). The first-order chi connectivity index (χ1) is 17.8. The van der Waals surface area contributed by atoms with Crippen LogP contribution < -0.4 is 10.9 Å². The van der Waals surface area contributed by atoms with Crippen LogP contribution in [0, 0.1) is 17.0 Å². The Morgan fingerprint density at radius 2 is 1.78 bits per heavy atom. The van der Waals surface area contributed by atoms with E-state index < -0.39 is 22.7 Å². The van der Waals surface area contributed by atoms with E-state index in [1.807, 2.05) is 30.3 Å². The minimum atomic E-state index is -1.17. The maximum Gasteiger partial charge on any atom is 0.317 e. The lowest BCUT2D eigenvalue weighted by Crippen LogP contribution is -2.63. The number of amides is 2. The first-order valence-electron chi connectivity index (χ1n) is 12.6. The van der Waals surface area contributed by atoms with E-state index in [-0.39, 0.29) is 24.7 Å². The molecule has 1 aromatic heterocycles. The van der Waals surface area contributed by atoms with Crippen molar-refractivity contribution >= 4 is 6.03 Å². The van der Waals surface area contributed by atoms with Crippen molar-refractivity contribution in [1.29, 1.82) is 0 Å². The van der Waals surface area contributed by atoms with Crippen LogP contribution in [-0.2, 0) is 13.1 Å². The quantitative estimate of drug-likeness (QED) is 0.544. The molecular formula is C28H30F2N4O3. The summed E-state index contributed by atoms with van der Waals surface area (Å²) in [5.74, 6) is -1.89. The van der Waals surface area contributed by atoms with E-state index >= 15 is 0 Å². The van der Waals surface area contributed by atoms with Crippen LogP contribution in [0.4, 0.5) is 13.6 Å². The lowest BCUT2D eigenvalue weighted by molar-refractivity contribution is -0.135. The zero-order valence-corrected chi connectivity index (χ0v) is 20.5. The van der Waals surface area contributed by atoms with E-state index in [0.717, 1.165) is 43.4 Å². The normalized spacial score (nSPS) is 20.8. The number of hydrogen-bond acceptors (Lipinski definition) is 4. The Hall–Kier alpha value is -3.59. The second-order valence-corrected chi connectivity index (χ2v) is 10.2. The fourth-order valence-electron chi connectivity index (χ4n) is 5.80. The zero-order chi connectivity index (χ0) is 26.0. The summed E-state index contributed by atoms with van der Waals surface area (Å²) in [4.78, 5) is 32.1. The Labute approximate surface area is 213 Å². The molecule has 2 aliphatic rings. The number of aliphatic hydroxyl groups is 1. The van der Waals surface area contributed by atoms with E-state index in [1.165, 1.54) is 23.0 Å². The molecule has 0 bridgehead atoms. The summed E-state index contributed by atoms with van der Waals surface area (Å²) >= 11 is 0. The van der Waals surface area contributed by atoms with Crippen LogP contribution in [0.1, 0.15) is 37.7 Å². The smallest absolute Gasteiger partial charge is 0.317 e. The molecule has 1 atom stereocenters. The molecule has 2 fully saturated rings. The van der Waals surface area contributed by atoms with E-state index in [0.29, 0.717) is 30.8 Å². The highest BCUT2D eigenvalue weighted by Crippen LogP contribution is 2.51. The summed E-state index contributed by atoms with van der Waals surface area (Å²) in [6, 6.07) is 14.2. The highest BCUT2D eigenvalue weighted by atomic mass is 19.2. The summed E-state index contributed by atoms with van der Waals surface area (Å²) in [6.45, 7) is 0.848. The molecule has 2 N–H and O–H groups in total. The van der Waals surface area contributed by atoms with Gasteiger partial charge in [0.1, 0.15) is 0 Å². The average Bonchev–Trinajstić information content (AvgIpc) is 3.38.